The number of nitrogens with zero attached hydrogens (tertiary/aromatic N) is 3. The van der Waals surface area contributed by atoms with Gasteiger partial charge in [-0.1, -0.05) is 36.0 Å². The monoisotopic (exact) mass is 392 g/mol. The van der Waals surface area contributed by atoms with E-state index in [9.17, 15) is 14.9 Å². The van der Waals surface area contributed by atoms with Crippen LogP contribution in [-0.2, 0) is 11.8 Å². The molecule has 1 aliphatic carbocycles. The summed E-state index contributed by atoms with van der Waals surface area (Å²) in [4.78, 5) is 29.8. The second kappa shape index (κ2) is 7.28. The first-order chi connectivity index (χ1) is 13.5. The van der Waals surface area contributed by atoms with Gasteiger partial charge in [0.05, 0.1) is 22.7 Å². The summed E-state index contributed by atoms with van der Waals surface area (Å²) in [6.45, 7) is 0. The lowest BCUT2D eigenvalue weighted by molar-refractivity contribution is -0.119. The Labute approximate surface area is 166 Å². The van der Waals surface area contributed by atoms with E-state index in [1.54, 1.807) is 7.05 Å². The fourth-order valence-electron chi connectivity index (χ4n) is 3.74. The number of fused-ring (bicyclic) bond motifs is 2. The van der Waals surface area contributed by atoms with Gasteiger partial charge >= 0.3 is 0 Å². The van der Waals surface area contributed by atoms with E-state index < -0.39 is 5.54 Å². The van der Waals surface area contributed by atoms with Crippen molar-refractivity contribution >= 4 is 39.3 Å². The van der Waals surface area contributed by atoms with Crippen LogP contribution in [0.5, 0.6) is 0 Å². The summed E-state index contributed by atoms with van der Waals surface area (Å²) in [5.74, 6) is -0.0932. The first-order valence-electron chi connectivity index (χ1n) is 9.26. The normalized spacial score (nSPS) is 15.6. The third-order valence-corrected chi connectivity index (χ3v) is 6.31. The van der Waals surface area contributed by atoms with E-state index in [-0.39, 0.29) is 17.2 Å². The van der Waals surface area contributed by atoms with Crippen molar-refractivity contribution in [2.45, 2.75) is 36.4 Å². The maximum Gasteiger partial charge on any atom is 0.261 e. The highest BCUT2D eigenvalue weighted by atomic mass is 32.2. The number of aromatic nitrogens is 2. The highest BCUT2D eigenvalue weighted by Crippen LogP contribution is 2.29. The molecule has 1 fully saturated rings. The van der Waals surface area contributed by atoms with Gasteiger partial charge in [0.25, 0.3) is 5.56 Å². The van der Waals surface area contributed by atoms with Crippen molar-refractivity contribution in [2.24, 2.45) is 7.05 Å². The molecule has 1 amide bonds. The number of nitriles is 1. The van der Waals surface area contributed by atoms with Gasteiger partial charge in [0.1, 0.15) is 5.54 Å². The highest BCUT2D eigenvalue weighted by Gasteiger charge is 2.35. The van der Waals surface area contributed by atoms with Crippen LogP contribution in [0.3, 0.4) is 0 Å². The Balaban J connectivity index is 1.59. The standard InChI is InChI=1S/C21H20N4O2S/c1-25-19(27)16-10-14-6-2-3-7-15(14)11-17(16)23-20(25)28-12-18(26)24-21(13-22)8-4-5-9-21/h2-3,6-7,10-11H,4-5,8-9,12H2,1H3,(H,24,26). The summed E-state index contributed by atoms with van der Waals surface area (Å²) in [6.07, 6.45) is 3.30. The second-order valence-electron chi connectivity index (χ2n) is 7.21. The molecule has 1 aromatic heterocycles. The largest absolute Gasteiger partial charge is 0.337 e. The minimum absolute atomic E-state index is 0.114. The average Bonchev–Trinajstić information content (AvgIpc) is 3.17. The number of benzene rings is 2. The number of hydrogen-bond donors (Lipinski definition) is 1. The molecule has 0 saturated heterocycles. The molecular weight excluding hydrogens is 372 g/mol. The van der Waals surface area contributed by atoms with E-state index in [0.717, 1.165) is 23.6 Å². The Morgan fingerprint density at radius 3 is 2.64 bits per heavy atom. The van der Waals surface area contributed by atoms with Crippen molar-refractivity contribution in [2.75, 3.05) is 5.75 Å². The molecular formula is C21H20N4O2S. The number of hydrogen-bond acceptors (Lipinski definition) is 5. The molecule has 0 bridgehead atoms. The van der Waals surface area contributed by atoms with Crippen molar-refractivity contribution < 1.29 is 4.79 Å². The number of carbonyl (C=O) groups is 1. The summed E-state index contributed by atoms with van der Waals surface area (Å²) in [5, 5.41) is 15.3. The lowest BCUT2D eigenvalue weighted by Gasteiger charge is -2.21. The van der Waals surface area contributed by atoms with Crippen molar-refractivity contribution in [3.8, 4) is 6.07 Å². The first-order valence-corrected chi connectivity index (χ1v) is 10.2. The van der Waals surface area contributed by atoms with Gasteiger partial charge in [0.2, 0.25) is 5.91 Å². The molecule has 0 aliphatic heterocycles. The van der Waals surface area contributed by atoms with Crippen LogP contribution in [0.2, 0.25) is 0 Å². The molecule has 1 heterocycles. The Morgan fingerprint density at radius 2 is 1.96 bits per heavy atom. The zero-order valence-corrected chi connectivity index (χ0v) is 16.4. The van der Waals surface area contributed by atoms with Crippen LogP contribution in [0.4, 0.5) is 0 Å². The molecule has 1 aliphatic rings. The third-order valence-electron chi connectivity index (χ3n) is 5.28. The molecule has 6 nitrogen and oxygen atoms in total. The maximum absolute atomic E-state index is 12.8. The topological polar surface area (TPSA) is 87.8 Å². The number of carbonyl (C=O) groups excluding carboxylic acids is 1. The van der Waals surface area contributed by atoms with Gasteiger partial charge in [-0.2, -0.15) is 5.26 Å². The zero-order chi connectivity index (χ0) is 19.7. The molecule has 28 heavy (non-hydrogen) atoms. The van der Waals surface area contributed by atoms with E-state index >= 15 is 0 Å². The Morgan fingerprint density at radius 1 is 1.29 bits per heavy atom. The Kier molecular flexibility index (Phi) is 4.82. The van der Waals surface area contributed by atoms with Crippen LogP contribution in [0, 0.1) is 11.3 Å². The molecule has 3 aromatic rings. The minimum Gasteiger partial charge on any atom is -0.337 e. The summed E-state index contributed by atoms with van der Waals surface area (Å²) < 4.78 is 1.48. The first kappa shape index (κ1) is 18.5. The highest BCUT2D eigenvalue weighted by molar-refractivity contribution is 7.99. The Bertz CT molecular complexity index is 1170. The van der Waals surface area contributed by atoms with Crippen LogP contribution >= 0.6 is 11.8 Å². The summed E-state index contributed by atoms with van der Waals surface area (Å²) in [5.41, 5.74) is -0.254. The van der Waals surface area contributed by atoms with Crippen LogP contribution < -0.4 is 10.9 Å². The van der Waals surface area contributed by atoms with Gasteiger partial charge in [-0.05, 0) is 48.6 Å². The molecule has 2 aromatic carbocycles. The lowest BCUT2D eigenvalue weighted by Crippen LogP contribution is -2.45. The van der Waals surface area contributed by atoms with E-state index in [1.807, 2.05) is 36.4 Å². The van der Waals surface area contributed by atoms with Gasteiger partial charge < -0.3 is 5.32 Å². The van der Waals surface area contributed by atoms with Crippen LogP contribution in [0.25, 0.3) is 21.7 Å². The Hall–Kier alpha value is -2.85. The van der Waals surface area contributed by atoms with Crippen LogP contribution in [-0.4, -0.2) is 26.8 Å². The van der Waals surface area contributed by atoms with Gasteiger partial charge in [-0.3, -0.25) is 14.2 Å². The fourth-order valence-corrected chi connectivity index (χ4v) is 4.51. The number of thioether (sulfide) groups is 1. The molecule has 142 valence electrons. The van der Waals surface area contributed by atoms with E-state index in [1.165, 1.54) is 16.3 Å². The molecule has 0 spiro atoms. The van der Waals surface area contributed by atoms with Crippen molar-refractivity contribution in [1.82, 2.24) is 14.9 Å². The van der Waals surface area contributed by atoms with Crippen LogP contribution in [0.15, 0.2) is 46.3 Å². The quantitative estimate of drug-likeness (QED) is 0.419. The molecule has 0 radical (unpaired) electrons. The smallest absolute Gasteiger partial charge is 0.261 e. The SMILES string of the molecule is Cn1c(SCC(=O)NC2(C#N)CCCC2)nc2cc3ccccc3cc2c1=O. The molecule has 1 saturated carbocycles. The summed E-state index contributed by atoms with van der Waals surface area (Å²) >= 11 is 1.21. The number of amides is 1. The van der Waals surface area contributed by atoms with E-state index in [0.29, 0.717) is 28.9 Å². The molecule has 1 N–H and O–H groups in total. The maximum atomic E-state index is 12.8. The molecule has 0 unspecified atom stereocenters. The number of nitrogens with one attached hydrogen (secondary N) is 1. The van der Waals surface area contributed by atoms with Gasteiger partial charge in [-0.25, -0.2) is 4.98 Å². The van der Waals surface area contributed by atoms with Crippen LogP contribution in [0.1, 0.15) is 25.7 Å². The van der Waals surface area contributed by atoms with Crippen molar-refractivity contribution in [3.63, 3.8) is 0 Å². The predicted molar refractivity (Wildman–Crippen MR) is 110 cm³/mol. The minimum atomic E-state index is -0.737. The van der Waals surface area contributed by atoms with E-state index in [4.69, 9.17) is 0 Å². The molecule has 7 heteroatoms. The lowest BCUT2D eigenvalue weighted by atomic mass is 10.0. The summed E-state index contributed by atoms with van der Waals surface area (Å²) in [6, 6.07) is 13.9. The van der Waals surface area contributed by atoms with E-state index in [2.05, 4.69) is 16.4 Å². The van der Waals surface area contributed by atoms with Gasteiger partial charge in [0, 0.05) is 7.05 Å². The number of rotatable bonds is 4. The third kappa shape index (κ3) is 3.36. The van der Waals surface area contributed by atoms with Gasteiger partial charge in [0.15, 0.2) is 5.16 Å². The fraction of sp³-hybridized carbons (Fsp3) is 0.333. The second-order valence-corrected chi connectivity index (χ2v) is 8.16. The molecule has 0 atom stereocenters. The van der Waals surface area contributed by atoms with Gasteiger partial charge in [-0.15, -0.1) is 0 Å². The van der Waals surface area contributed by atoms with Crippen molar-refractivity contribution in [1.29, 1.82) is 5.26 Å². The predicted octanol–water partition coefficient (Wildman–Crippen LogP) is 3.13. The van der Waals surface area contributed by atoms with Crippen molar-refractivity contribution in [3.05, 3.63) is 46.8 Å². The average molecular weight is 392 g/mol. The summed E-state index contributed by atoms with van der Waals surface area (Å²) in [7, 11) is 1.66. The zero-order valence-electron chi connectivity index (χ0n) is 15.6. The molecule has 4 rings (SSSR count).